The van der Waals surface area contributed by atoms with Gasteiger partial charge in [-0.1, -0.05) is 21.3 Å². The van der Waals surface area contributed by atoms with E-state index in [0.29, 0.717) is 6.04 Å². The molecule has 116 valence electrons. The predicted octanol–water partition coefficient (Wildman–Crippen LogP) is 3.43. The molecule has 0 saturated carbocycles. The van der Waals surface area contributed by atoms with Crippen LogP contribution in [0.25, 0.3) is 0 Å². The summed E-state index contributed by atoms with van der Waals surface area (Å²) in [5, 5.41) is 0. The van der Waals surface area contributed by atoms with E-state index in [9.17, 15) is 0 Å². The van der Waals surface area contributed by atoms with Crippen LogP contribution in [0.1, 0.15) is 48.0 Å². The molecule has 2 heterocycles. The van der Waals surface area contributed by atoms with E-state index in [1.54, 1.807) is 0 Å². The molecule has 3 nitrogen and oxygen atoms in total. The van der Waals surface area contributed by atoms with Gasteiger partial charge < -0.3 is 9.47 Å². The molecular weight excluding hydrogens is 238 g/mol. The average Bonchev–Trinajstić information content (AvgIpc) is 2.41. The highest BCUT2D eigenvalue weighted by molar-refractivity contribution is 4.66. The van der Waals surface area contributed by atoms with Crippen molar-refractivity contribution >= 4 is 0 Å². The molecule has 0 atom stereocenters. The molecule has 0 spiro atoms. The molecule has 2 fully saturated rings. The van der Waals surface area contributed by atoms with Crippen LogP contribution in [-0.4, -0.2) is 50.5 Å². The minimum absolute atomic E-state index is 0. The van der Waals surface area contributed by atoms with Gasteiger partial charge in [0.15, 0.2) is 0 Å². The number of nitrogens with zero attached hydrogens (tertiary/aromatic N) is 1. The Kier molecular flexibility index (Phi) is 10.6. The summed E-state index contributed by atoms with van der Waals surface area (Å²) >= 11 is 0. The van der Waals surface area contributed by atoms with E-state index in [0.717, 1.165) is 51.4 Å². The second kappa shape index (κ2) is 10.6. The summed E-state index contributed by atoms with van der Waals surface area (Å²) in [4.78, 5) is 2.43. The molecular formula is C16H35NO2. The third kappa shape index (κ3) is 7.91. The van der Waals surface area contributed by atoms with Gasteiger partial charge in [-0.15, -0.1) is 0 Å². The molecule has 2 aliphatic heterocycles. The van der Waals surface area contributed by atoms with Crippen molar-refractivity contribution in [2.75, 3.05) is 39.5 Å². The van der Waals surface area contributed by atoms with Gasteiger partial charge in [-0.25, -0.2) is 0 Å². The van der Waals surface area contributed by atoms with Gasteiger partial charge in [0.25, 0.3) is 0 Å². The van der Waals surface area contributed by atoms with Gasteiger partial charge in [0.05, 0.1) is 13.2 Å². The fraction of sp³-hybridized carbons (Fsp3) is 1.00. The zero-order valence-electron chi connectivity index (χ0n) is 12.7. The van der Waals surface area contributed by atoms with Crippen LogP contribution < -0.4 is 0 Å². The lowest BCUT2D eigenvalue weighted by molar-refractivity contribution is 0.0238. The number of morpholine rings is 1. The van der Waals surface area contributed by atoms with Gasteiger partial charge in [0.2, 0.25) is 0 Å². The molecule has 2 rings (SSSR count). The summed E-state index contributed by atoms with van der Waals surface area (Å²) in [6, 6.07) is 0.689. The van der Waals surface area contributed by atoms with Crippen LogP contribution in [-0.2, 0) is 9.47 Å². The lowest BCUT2D eigenvalue weighted by atomic mass is 9.89. The van der Waals surface area contributed by atoms with Crippen LogP contribution in [0.4, 0.5) is 0 Å². The molecule has 0 bridgehead atoms. The molecule has 0 N–H and O–H groups in total. The van der Waals surface area contributed by atoms with Crippen LogP contribution in [0.15, 0.2) is 0 Å². The zero-order chi connectivity index (χ0) is 13.4. The third-order valence-corrected chi connectivity index (χ3v) is 3.98. The first-order valence-corrected chi connectivity index (χ1v) is 7.50. The van der Waals surface area contributed by atoms with Crippen molar-refractivity contribution in [2.24, 2.45) is 11.8 Å². The second-order valence-electron chi connectivity index (χ2n) is 5.94. The van der Waals surface area contributed by atoms with Crippen LogP contribution in [0.2, 0.25) is 0 Å². The lowest BCUT2D eigenvalue weighted by Crippen LogP contribution is -2.40. The van der Waals surface area contributed by atoms with Crippen molar-refractivity contribution < 1.29 is 9.47 Å². The Hall–Kier alpha value is -0.120. The van der Waals surface area contributed by atoms with E-state index in [2.05, 4.69) is 32.6 Å². The van der Waals surface area contributed by atoms with Gasteiger partial charge in [0.1, 0.15) is 0 Å². The smallest absolute Gasteiger partial charge is 0.0594 e. The number of hydrogen-bond acceptors (Lipinski definition) is 3. The standard InChI is InChI=1S/C8H16O.C7H15NO.CH4/c2*1-7(2)8-3-5-9-6-4-8;/h7-8H,3-6H2,1-2H3;7H,3-6H2,1-2H3;1H4. The van der Waals surface area contributed by atoms with E-state index < -0.39 is 0 Å². The normalized spacial score (nSPS) is 21.8. The molecule has 0 aromatic heterocycles. The van der Waals surface area contributed by atoms with Gasteiger partial charge in [-0.2, -0.15) is 0 Å². The largest absolute Gasteiger partial charge is 0.381 e. The molecule has 0 aliphatic carbocycles. The van der Waals surface area contributed by atoms with Crippen LogP contribution in [0.3, 0.4) is 0 Å². The van der Waals surface area contributed by atoms with Gasteiger partial charge >= 0.3 is 0 Å². The maximum Gasteiger partial charge on any atom is 0.0594 e. The fourth-order valence-electron chi connectivity index (χ4n) is 2.48. The fourth-order valence-corrected chi connectivity index (χ4v) is 2.48. The molecule has 0 unspecified atom stereocenters. The molecule has 0 aromatic carbocycles. The lowest BCUT2D eigenvalue weighted by Gasteiger charge is -2.29. The maximum atomic E-state index is 5.25. The first-order valence-electron chi connectivity index (χ1n) is 7.50. The van der Waals surface area contributed by atoms with Crippen molar-refractivity contribution in [1.29, 1.82) is 0 Å². The van der Waals surface area contributed by atoms with Crippen LogP contribution >= 0.6 is 0 Å². The first-order chi connectivity index (χ1) is 8.61. The summed E-state index contributed by atoms with van der Waals surface area (Å²) in [5.74, 6) is 1.78. The van der Waals surface area contributed by atoms with E-state index in [-0.39, 0.29) is 7.43 Å². The van der Waals surface area contributed by atoms with Crippen molar-refractivity contribution in [1.82, 2.24) is 4.90 Å². The summed E-state index contributed by atoms with van der Waals surface area (Å²) in [6.07, 6.45) is 2.55. The molecule has 3 heteroatoms. The summed E-state index contributed by atoms with van der Waals surface area (Å²) in [6.45, 7) is 15.1. The molecule has 19 heavy (non-hydrogen) atoms. The Morgan fingerprint density at radius 3 is 1.63 bits per heavy atom. The Labute approximate surface area is 120 Å². The monoisotopic (exact) mass is 273 g/mol. The van der Waals surface area contributed by atoms with Crippen molar-refractivity contribution in [3.63, 3.8) is 0 Å². The van der Waals surface area contributed by atoms with Crippen molar-refractivity contribution in [3.05, 3.63) is 0 Å². The van der Waals surface area contributed by atoms with E-state index in [1.165, 1.54) is 12.8 Å². The quantitative estimate of drug-likeness (QED) is 0.769. The van der Waals surface area contributed by atoms with Crippen LogP contribution in [0.5, 0.6) is 0 Å². The van der Waals surface area contributed by atoms with Gasteiger partial charge in [-0.05, 0) is 38.5 Å². The van der Waals surface area contributed by atoms with Crippen molar-refractivity contribution in [3.8, 4) is 0 Å². The molecule has 0 radical (unpaired) electrons. The maximum absolute atomic E-state index is 5.25. The Morgan fingerprint density at radius 2 is 1.32 bits per heavy atom. The molecule has 0 aromatic rings. The highest BCUT2D eigenvalue weighted by Crippen LogP contribution is 2.22. The molecule has 2 aliphatic rings. The molecule has 2 saturated heterocycles. The topological polar surface area (TPSA) is 21.7 Å². The van der Waals surface area contributed by atoms with Gasteiger partial charge in [0, 0.05) is 32.3 Å². The highest BCUT2D eigenvalue weighted by atomic mass is 16.5. The second-order valence-corrected chi connectivity index (χ2v) is 5.94. The minimum atomic E-state index is 0. The summed E-state index contributed by atoms with van der Waals surface area (Å²) in [5.41, 5.74) is 0. The number of rotatable bonds is 2. The average molecular weight is 273 g/mol. The highest BCUT2D eigenvalue weighted by Gasteiger charge is 2.16. The zero-order valence-corrected chi connectivity index (χ0v) is 12.7. The summed E-state index contributed by atoms with van der Waals surface area (Å²) in [7, 11) is 0. The van der Waals surface area contributed by atoms with Gasteiger partial charge in [-0.3, -0.25) is 4.90 Å². The van der Waals surface area contributed by atoms with E-state index >= 15 is 0 Å². The van der Waals surface area contributed by atoms with Crippen LogP contribution in [0, 0.1) is 11.8 Å². The Bertz CT molecular complexity index is 173. The molecule has 0 amide bonds. The van der Waals surface area contributed by atoms with E-state index in [1.807, 2.05) is 0 Å². The minimum Gasteiger partial charge on any atom is -0.381 e. The number of hydrogen-bond donors (Lipinski definition) is 0. The SMILES string of the molecule is C.CC(C)C1CCOCC1.CC(C)N1CCOCC1. The summed E-state index contributed by atoms with van der Waals surface area (Å²) < 4.78 is 10.5. The Morgan fingerprint density at radius 1 is 0.842 bits per heavy atom. The van der Waals surface area contributed by atoms with E-state index in [4.69, 9.17) is 9.47 Å². The number of ether oxygens (including phenoxy) is 2. The first kappa shape index (κ1) is 18.9. The third-order valence-electron chi connectivity index (χ3n) is 3.98. The van der Waals surface area contributed by atoms with Crippen molar-refractivity contribution in [2.45, 2.75) is 54.0 Å². The Balaban J connectivity index is 0.000000324. The predicted molar refractivity (Wildman–Crippen MR) is 82.6 cm³/mol.